The maximum Gasteiger partial charge on any atom is 0.407 e. The molecular weight excluding hydrogens is 230 g/mol. The van der Waals surface area contributed by atoms with E-state index in [4.69, 9.17) is 21.4 Å². The second kappa shape index (κ2) is 7.09. The number of alkyl halides is 1. The van der Waals surface area contributed by atoms with E-state index in [0.29, 0.717) is 0 Å². The zero-order valence-electron chi connectivity index (χ0n) is 8.73. The average molecular weight is 244 g/mol. The first-order valence-electron chi connectivity index (χ1n) is 4.91. The highest BCUT2D eigenvalue weighted by molar-refractivity contribution is 6.18. The Hall–Kier alpha value is -1.26. The lowest BCUT2D eigenvalue weighted by Crippen LogP contribution is -2.33. The van der Waals surface area contributed by atoms with Crippen molar-refractivity contribution in [1.82, 2.24) is 5.32 Å². The summed E-state index contributed by atoms with van der Waals surface area (Å²) in [6.45, 7) is 0.306. The number of nitrogens with one attached hydrogen (secondary N) is 1. The van der Waals surface area contributed by atoms with Crippen molar-refractivity contribution in [3.05, 3.63) is 35.9 Å². The first-order valence-corrected chi connectivity index (χ1v) is 5.44. The molecule has 16 heavy (non-hydrogen) atoms. The molecule has 5 heteroatoms. The van der Waals surface area contributed by atoms with Gasteiger partial charge in [-0.25, -0.2) is 4.79 Å². The summed E-state index contributed by atoms with van der Waals surface area (Å²) in [5.41, 5.74) is 0.913. The number of carbonyl (C=O) groups excluding carboxylic acids is 1. The molecule has 88 valence electrons. The largest absolute Gasteiger partial charge is 0.445 e. The molecule has 0 heterocycles. The quantitative estimate of drug-likeness (QED) is 0.771. The standard InChI is InChI=1S/C11H14ClNO3/c12-6-10(14)7-13-11(15)16-8-9-4-2-1-3-5-9/h1-5,10,14H,6-8H2,(H,13,15)/t10-/m0/s1. The molecule has 0 saturated heterocycles. The number of hydrogen-bond donors (Lipinski definition) is 2. The Morgan fingerprint density at radius 3 is 2.75 bits per heavy atom. The highest BCUT2D eigenvalue weighted by atomic mass is 35.5. The van der Waals surface area contributed by atoms with E-state index in [9.17, 15) is 4.79 Å². The number of aliphatic hydroxyl groups is 1. The van der Waals surface area contributed by atoms with E-state index in [1.807, 2.05) is 30.3 Å². The molecule has 0 spiro atoms. The lowest BCUT2D eigenvalue weighted by atomic mass is 10.2. The van der Waals surface area contributed by atoms with Crippen molar-refractivity contribution in [1.29, 1.82) is 0 Å². The lowest BCUT2D eigenvalue weighted by Gasteiger charge is -2.09. The Bertz CT molecular complexity index is 318. The molecular formula is C11H14ClNO3. The SMILES string of the molecule is O=C(NC[C@@H](O)CCl)OCc1ccccc1. The predicted molar refractivity (Wildman–Crippen MR) is 61.4 cm³/mol. The molecule has 4 nitrogen and oxygen atoms in total. The summed E-state index contributed by atoms with van der Waals surface area (Å²) < 4.78 is 4.92. The fraction of sp³-hybridized carbons (Fsp3) is 0.364. The van der Waals surface area contributed by atoms with Gasteiger partial charge in [0.1, 0.15) is 6.61 Å². The number of aliphatic hydroxyl groups excluding tert-OH is 1. The Morgan fingerprint density at radius 1 is 1.44 bits per heavy atom. The van der Waals surface area contributed by atoms with Crippen LogP contribution in [-0.2, 0) is 11.3 Å². The summed E-state index contributed by atoms with van der Waals surface area (Å²) >= 11 is 5.37. The van der Waals surface area contributed by atoms with Gasteiger partial charge in [0.05, 0.1) is 12.0 Å². The molecule has 0 unspecified atom stereocenters. The monoisotopic (exact) mass is 243 g/mol. The van der Waals surface area contributed by atoms with Crippen LogP contribution in [0.3, 0.4) is 0 Å². The fourth-order valence-electron chi connectivity index (χ4n) is 1.03. The molecule has 1 aromatic carbocycles. The third-order valence-corrected chi connectivity index (χ3v) is 2.23. The molecule has 1 amide bonds. The van der Waals surface area contributed by atoms with Gasteiger partial charge in [0.25, 0.3) is 0 Å². The number of hydrogen-bond acceptors (Lipinski definition) is 3. The zero-order chi connectivity index (χ0) is 11.8. The van der Waals surface area contributed by atoms with E-state index < -0.39 is 12.2 Å². The number of alkyl carbamates (subject to hydrolysis) is 1. The summed E-state index contributed by atoms with van der Waals surface area (Å²) in [5, 5.41) is 11.5. The smallest absolute Gasteiger partial charge is 0.407 e. The Balaban J connectivity index is 2.20. The van der Waals surface area contributed by atoms with Crippen LogP contribution in [0.5, 0.6) is 0 Å². The first kappa shape index (κ1) is 12.8. The number of halogens is 1. The maximum atomic E-state index is 11.1. The van der Waals surface area contributed by atoms with Crippen molar-refractivity contribution in [2.45, 2.75) is 12.7 Å². The van der Waals surface area contributed by atoms with E-state index in [2.05, 4.69) is 5.32 Å². The van der Waals surface area contributed by atoms with Crippen molar-refractivity contribution in [3.8, 4) is 0 Å². The van der Waals surface area contributed by atoms with E-state index in [1.165, 1.54) is 0 Å². The lowest BCUT2D eigenvalue weighted by molar-refractivity contribution is 0.129. The van der Waals surface area contributed by atoms with Crippen LogP contribution in [0.1, 0.15) is 5.56 Å². The van der Waals surface area contributed by atoms with Crippen LogP contribution < -0.4 is 5.32 Å². The van der Waals surface area contributed by atoms with Gasteiger partial charge >= 0.3 is 6.09 Å². The van der Waals surface area contributed by atoms with Gasteiger partial charge in [-0.3, -0.25) is 0 Å². The van der Waals surface area contributed by atoms with Crippen molar-refractivity contribution in [2.24, 2.45) is 0 Å². The Labute approximate surface area is 99.2 Å². The molecule has 2 N–H and O–H groups in total. The normalized spacial score (nSPS) is 11.9. The predicted octanol–water partition coefficient (Wildman–Crippen LogP) is 1.51. The molecule has 0 aliphatic rings. The van der Waals surface area contributed by atoms with Gasteiger partial charge in [0, 0.05) is 6.54 Å². The molecule has 1 rings (SSSR count). The van der Waals surface area contributed by atoms with Crippen LogP contribution in [-0.4, -0.2) is 29.7 Å². The minimum absolute atomic E-state index is 0.0823. The molecule has 0 bridgehead atoms. The molecule has 0 aliphatic heterocycles. The molecule has 1 atom stereocenters. The zero-order valence-corrected chi connectivity index (χ0v) is 9.48. The van der Waals surface area contributed by atoms with Gasteiger partial charge < -0.3 is 15.2 Å². The van der Waals surface area contributed by atoms with Crippen LogP contribution in [0.15, 0.2) is 30.3 Å². The highest BCUT2D eigenvalue weighted by Crippen LogP contribution is 2.00. The number of amides is 1. The van der Waals surface area contributed by atoms with Crippen LogP contribution in [0.4, 0.5) is 4.79 Å². The van der Waals surface area contributed by atoms with Crippen molar-refractivity contribution in [3.63, 3.8) is 0 Å². The van der Waals surface area contributed by atoms with Gasteiger partial charge in [-0.15, -0.1) is 11.6 Å². The fourth-order valence-corrected chi connectivity index (χ4v) is 1.14. The number of rotatable bonds is 5. The highest BCUT2D eigenvalue weighted by Gasteiger charge is 2.06. The maximum absolute atomic E-state index is 11.1. The molecule has 1 aromatic rings. The number of carbonyl (C=O) groups is 1. The van der Waals surface area contributed by atoms with Gasteiger partial charge in [0.15, 0.2) is 0 Å². The Kier molecular flexibility index (Phi) is 5.67. The average Bonchev–Trinajstić information content (AvgIpc) is 2.34. The summed E-state index contributed by atoms with van der Waals surface area (Å²) in [5.74, 6) is 0.0823. The van der Waals surface area contributed by atoms with Gasteiger partial charge in [-0.05, 0) is 5.56 Å². The van der Waals surface area contributed by atoms with Gasteiger partial charge in [-0.2, -0.15) is 0 Å². The second-order valence-electron chi connectivity index (χ2n) is 3.25. The molecule has 0 radical (unpaired) electrons. The molecule has 0 saturated carbocycles. The van der Waals surface area contributed by atoms with Crippen molar-refractivity contribution < 1.29 is 14.6 Å². The van der Waals surface area contributed by atoms with Crippen LogP contribution in [0.25, 0.3) is 0 Å². The molecule has 0 aliphatic carbocycles. The van der Waals surface area contributed by atoms with Crippen molar-refractivity contribution in [2.75, 3.05) is 12.4 Å². The van der Waals surface area contributed by atoms with E-state index in [-0.39, 0.29) is 19.0 Å². The minimum Gasteiger partial charge on any atom is -0.445 e. The van der Waals surface area contributed by atoms with Crippen LogP contribution >= 0.6 is 11.6 Å². The van der Waals surface area contributed by atoms with E-state index in [0.717, 1.165) is 5.56 Å². The summed E-state index contributed by atoms with van der Waals surface area (Å²) in [6, 6.07) is 9.35. The summed E-state index contributed by atoms with van der Waals surface area (Å²) in [7, 11) is 0. The minimum atomic E-state index is -0.744. The van der Waals surface area contributed by atoms with Gasteiger partial charge in [-0.1, -0.05) is 30.3 Å². The summed E-state index contributed by atoms with van der Waals surface area (Å²) in [4.78, 5) is 11.1. The van der Waals surface area contributed by atoms with Crippen LogP contribution in [0, 0.1) is 0 Å². The third kappa shape index (κ3) is 5.00. The number of benzene rings is 1. The Morgan fingerprint density at radius 2 is 2.12 bits per heavy atom. The van der Waals surface area contributed by atoms with Crippen LogP contribution in [0.2, 0.25) is 0 Å². The third-order valence-electron chi connectivity index (χ3n) is 1.87. The molecule has 0 aromatic heterocycles. The topological polar surface area (TPSA) is 58.6 Å². The molecule has 0 fully saturated rings. The van der Waals surface area contributed by atoms with Gasteiger partial charge in [0.2, 0.25) is 0 Å². The summed E-state index contributed by atoms with van der Waals surface area (Å²) in [6.07, 6.45) is -1.31. The second-order valence-corrected chi connectivity index (χ2v) is 3.56. The van der Waals surface area contributed by atoms with E-state index >= 15 is 0 Å². The first-order chi connectivity index (χ1) is 7.72. The van der Waals surface area contributed by atoms with Crippen molar-refractivity contribution >= 4 is 17.7 Å². The van der Waals surface area contributed by atoms with E-state index in [1.54, 1.807) is 0 Å². The number of ether oxygens (including phenoxy) is 1.